The molecule has 35 heavy (non-hydrogen) atoms. The summed E-state index contributed by atoms with van der Waals surface area (Å²) in [6.07, 6.45) is 0.888. The average Bonchev–Trinajstić information content (AvgIpc) is 3.13. The number of hydrogen-bond acceptors (Lipinski definition) is 6. The molecular weight excluding hydrogens is 444 g/mol. The second-order valence-corrected chi connectivity index (χ2v) is 8.62. The van der Waals surface area contributed by atoms with Gasteiger partial charge in [0.1, 0.15) is 17.3 Å². The van der Waals surface area contributed by atoms with E-state index in [1.807, 2.05) is 32.0 Å². The van der Waals surface area contributed by atoms with Gasteiger partial charge in [-0.05, 0) is 67.9 Å². The number of nitrogens with zero attached hydrogens (tertiary/aromatic N) is 2. The van der Waals surface area contributed by atoms with Crippen LogP contribution in [0.1, 0.15) is 49.9 Å². The van der Waals surface area contributed by atoms with Crippen molar-refractivity contribution >= 4 is 17.4 Å². The summed E-state index contributed by atoms with van der Waals surface area (Å²) in [6, 6.07) is 11.9. The molecule has 0 bridgehead atoms. The van der Waals surface area contributed by atoms with E-state index in [1.54, 1.807) is 36.3 Å². The molecule has 1 aliphatic rings. The van der Waals surface area contributed by atoms with Crippen LogP contribution in [0.2, 0.25) is 0 Å². The Balaban J connectivity index is 2.09. The van der Waals surface area contributed by atoms with E-state index in [0.717, 1.165) is 30.8 Å². The van der Waals surface area contributed by atoms with Crippen molar-refractivity contribution in [3.8, 4) is 11.5 Å². The number of Topliss-reactive ketones (excluding diaryl/α,β-unsaturated/α-hetero) is 1. The van der Waals surface area contributed by atoms with Crippen LogP contribution in [0.5, 0.6) is 11.5 Å². The highest BCUT2D eigenvalue weighted by molar-refractivity contribution is 6.46. The first-order valence-corrected chi connectivity index (χ1v) is 12.2. The van der Waals surface area contributed by atoms with Gasteiger partial charge in [0, 0.05) is 18.7 Å². The molecule has 1 aliphatic heterocycles. The fraction of sp³-hybridized carbons (Fsp3) is 0.429. The molecule has 1 fully saturated rings. The van der Waals surface area contributed by atoms with E-state index in [0.29, 0.717) is 36.6 Å². The first-order valence-electron chi connectivity index (χ1n) is 12.2. The van der Waals surface area contributed by atoms with E-state index in [1.165, 1.54) is 0 Å². The molecule has 2 aromatic carbocycles. The van der Waals surface area contributed by atoms with Gasteiger partial charge in [0.15, 0.2) is 0 Å². The number of ether oxygens (including phenoxy) is 2. The lowest BCUT2D eigenvalue weighted by Crippen LogP contribution is -2.38. The van der Waals surface area contributed by atoms with Crippen LogP contribution in [0.4, 0.5) is 0 Å². The molecule has 7 nitrogen and oxygen atoms in total. The highest BCUT2D eigenvalue weighted by Crippen LogP contribution is 2.40. The molecule has 1 N–H and O–H groups in total. The zero-order valence-corrected chi connectivity index (χ0v) is 21.3. The van der Waals surface area contributed by atoms with Gasteiger partial charge in [-0.25, -0.2) is 0 Å². The summed E-state index contributed by atoms with van der Waals surface area (Å²) in [6.45, 7) is 11.3. The number of rotatable bonds is 11. The zero-order valence-electron chi connectivity index (χ0n) is 21.3. The summed E-state index contributed by atoms with van der Waals surface area (Å²) in [5.41, 5.74) is 2.12. The van der Waals surface area contributed by atoms with Crippen molar-refractivity contribution in [3.63, 3.8) is 0 Å². The third kappa shape index (κ3) is 5.68. The quantitative estimate of drug-likeness (QED) is 0.289. The molecule has 3 rings (SSSR count). The summed E-state index contributed by atoms with van der Waals surface area (Å²) in [4.78, 5) is 30.2. The Bertz CT molecular complexity index is 1090. The second kappa shape index (κ2) is 11.9. The molecule has 2 aromatic rings. The summed E-state index contributed by atoms with van der Waals surface area (Å²) in [5, 5.41) is 11.3. The largest absolute Gasteiger partial charge is 0.507 e. The Labute approximate surface area is 207 Å². The fourth-order valence-electron chi connectivity index (χ4n) is 4.38. The number of likely N-dealkylation sites (tertiary alicyclic amines) is 1. The van der Waals surface area contributed by atoms with Crippen LogP contribution in [0.15, 0.2) is 48.0 Å². The second-order valence-electron chi connectivity index (χ2n) is 8.62. The Morgan fingerprint density at radius 3 is 2.46 bits per heavy atom. The highest BCUT2D eigenvalue weighted by atomic mass is 16.5. The zero-order chi connectivity index (χ0) is 25.5. The molecule has 1 atom stereocenters. The predicted octanol–water partition coefficient (Wildman–Crippen LogP) is 4.56. The van der Waals surface area contributed by atoms with E-state index in [-0.39, 0.29) is 11.3 Å². The van der Waals surface area contributed by atoms with Crippen molar-refractivity contribution in [2.75, 3.05) is 39.9 Å². The lowest BCUT2D eigenvalue weighted by molar-refractivity contribution is -0.140. The number of benzene rings is 2. The maximum Gasteiger partial charge on any atom is 0.295 e. The Hall–Kier alpha value is -3.32. The molecule has 0 spiro atoms. The van der Waals surface area contributed by atoms with Crippen LogP contribution < -0.4 is 9.47 Å². The topological polar surface area (TPSA) is 79.3 Å². The number of methoxy groups -OCH3 is 1. The molecular formula is C28H36N2O5. The van der Waals surface area contributed by atoms with E-state index in [4.69, 9.17) is 9.47 Å². The predicted molar refractivity (Wildman–Crippen MR) is 137 cm³/mol. The summed E-state index contributed by atoms with van der Waals surface area (Å²) >= 11 is 0. The van der Waals surface area contributed by atoms with Gasteiger partial charge in [-0.3, -0.25) is 9.59 Å². The summed E-state index contributed by atoms with van der Waals surface area (Å²) < 4.78 is 11.1. The Morgan fingerprint density at radius 2 is 1.83 bits per heavy atom. The SMILES string of the molecule is CCCOc1ccc(/C(O)=C2/C(=O)C(=O)N(CCN(CC)CC)C2c2cccc(OC)c2)cc1C. The van der Waals surface area contributed by atoms with Crippen molar-refractivity contribution < 1.29 is 24.2 Å². The maximum absolute atomic E-state index is 13.3. The monoisotopic (exact) mass is 480 g/mol. The molecule has 0 saturated carbocycles. The van der Waals surface area contributed by atoms with Crippen molar-refractivity contribution in [1.29, 1.82) is 0 Å². The molecule has 188 valence electrons. The van der Waals surface area contributed by atoms with Crippen molar-refractivity contribution in [2.45, 2.75) is 40.2 Å². The lowest BCUT2D eigenvalue weighted by Gasteiger charge is -2.28. The van der Waals surface area contributed by atoms with Crippen LogP contribution >= 0.6 is 0 Å². The molecule has 0 aromatic heterocycles. The molecule has 1 amide bonds. The first kappa shape index (κ1) is 26.3. The number of amides is 1. The van der Waals surface area contributed by atoms with Crippen LogP contribution in [0.25, 0.3) is 5.76 Å². The number of hydrogen-bond donors (Lipinski definition) is 1. The van der Waals surface area contributed by atoms with E-state index >= 15 is 0 Å². The molecule has 7 heteroatoms. The maximum atomic E-state index is 13.3. The third-order valence-corrected chi connectivity index (χ3v) is 6.41. The molecule has 1 saturated heterocycles. The normalized spacial score (nSPS) is 17.3. The first-order chi connectivity index (χ1) is 16.9. The number of ketones is 1. The van der Waals surface area contributed by atoms with Gasteiger partial charge in [-0.2, -0.15) is 0 Å². The number of aliphatic hydroxyl groups excluding tert-OH is 1. The van der Waals surface area contributed by atoms with Crippen LogP contribution in [-0.4, -0.2) is 66.5 Å². The van der Waals surface area contributed by atoms with Crippen LogP contribution in [0, 0.1) is 6.92 Å². The average molecular weight is 481 g/mol. The van der Waals surface area contributed by atoms with Crippen LogP contribution in [0.3, 0.4) is 0 Å². The van der Waals surface area contributed by atoms with E-state index in [2.05, 4.69) is 18.7 Å². The minimum atomic E-state index is -0.711. The van der Waals surface area contributed by atoms with Crippen LogP contribution in [-0.2, 0) is 9.59 Å². The molecule has 0 radical (unpaired) electrons. The third-order valence-electron chi connectivity index (χ3n) is 6.41. The van der Waals surface area contributed by atoms with Crippen molar-refractivity contribution in [1.82, 2.24) is 9.80 Å². The lowest BCUT2D eigenvalue weighted by atomic mass is 9.94. The highest BCUT2D eigenvalue weighted by Gasteiger charge is 2.46. The van der Waals surface area contributed by atoms with E-state index in [9.17, 15) is 14.7 Å². The van der Waals surface area contributed by atoms with E-state index < -0.39 is 17.7 Å². The van der Waals surface area contributed by atoms with Gasteiger partial charge in [0.2, 0.25) is 0 Å². The fourth-order valence-corrected chi connectivity index (χ4v) is 4.38. The van der Waals surface area contributed by atoms with Gasteiger partial charge in [-0.1, -0.05) is 32.9 Å². The van der Waals surface area contributed by atoms with Gasteiger partial charge in [-0.15, -0.1) is 0 Å². The van der Waals surface area contributed by atoms with Gasteiger partial charge in [0.25, 0.3) is 11.7 Å². The Kier molecular flexibility index (Phi) is 8.93. The summed E-state index contributed by atoms with van der Waals surface area (Å²) in [7, 11) is 1.57. The van der Waals surface area contributed by atoms with Crippen molar-refractivity contribution in [3.05, 3.63) is 64.7 Å². The van der Waals surface area contributed by atoms with Gasteiger partial charge >= 0.3 is 0 Å². The molecule has 1 heterocycles. The van der Waals surface area contributed by atoms with Crippen molar-refractivity contribution in [2.24, 2.45) is 0 Å². The molecule has 1 unspecified atom stereocenters. The standard InChI is InChI=1S/C28H36N2O5/c1-6-16-35-23-13-12-21(17-19(23)4)26(31)24-25(20-10-9-11-22(18-20)34-5)30(28(33)27(24)32)15-14-29(7-2)8-3/h9-13,17-18,25,31H,6-8,14-16H2,1-5H3/b26-24-. The number of aliphatic hydroxyl groups is 1. The number of carbonyl (C=O) groups excluding carboxylic acids is 2. The number of likely N-dealkylation sites (N-methyl/N-ethyl adjacent to an activating group) is 1. The smallest absolute Gasteiger partial charge is 0.295 e. The number of carbonyl (C=O) groups is 2. The summed E-state index contributed by atoms with van der Waals surface area (Å²) in [5.74, 6) is -0.130. The number of aryl methyl sites for hydroxylation is 1. The van der Waals surface area contributed by atoms with Gasteiger partial charge in [0.05, 0.1) is 25.3 Å². The Morgan fingerprint density at radius 1 is 1.09 bits per heavy atom. The minimum absolute atomic E-state index is 0.0874. The van der Waals surface area contributed by atoms with Gasteiger partial charge < -0.3 is 24.4 Å². The molecule has 0 aliphatic carbocycles. The minimum Gasteiger partial charge on any atom is -0.507 e.